The van der Waals surface area contributed by atoms with Crippen molar-refractivity contribution in [2.75, 3.05) is 19.7 Å². The first-order chi connectivity index (χ1) is 26.1. The average molecular weight is 780 g/mol. The van der Waals surface area contributed by atoms with E-state index in [-0.39, 0.29) is 53.9 Å². The van der Waals surface area contributed by atoms with Gasteiger partial charge in [0.15, 0.2) is 11.4 Å². The van der Waals surface area contributed by atoms with Crippen molar-refractivity contribution in [3.05, 3.63) is 59.2 Å². The van der Waals surface area contributed by atoms with Crippen LogP contribution >= 0.6 is 0 Å². The third-order valence-electron chi connectivity index (χ3n) is 18.0. The molecule has 4 saturated carbocycles. The fourth-order valence-corrected chi connectivity index (χ4v) is 14.1. The van der Waals surface area contributed by atoms with Crippen molar-refractivity contribution >= 4 is 17.7 Å². The number of carbonyl (C=O) groups is 3. The molecule has 11 heteroatoms. The number of halogens is 3. The molecule has 7 aliphatic carbocycles. The predicted octanol–water partition coefficient (Wildman–Crippen LogP) is 7.61. The van der Waals surface area contributed by atoms with E-state index in [4.69, 9.17) is 9.47 Å². The summed E-state index contributed by atoms with van der Waals surface area (Å²) < 4.78 is 54.1. The summed E-state index contributed by atoms with van der Waals surface area (Å²) in [7, 11) is 0. The Labute approximate surface area is 327 Å². The summed E-state index contributed by atoms with van der Waals surface area (Å²) in [6, 6.07) is 4.66. The second-order valence-corrected chi connectivity index (χ2v) is 20.2. The van der Waals surface area contributed by atoms with E-state index in [0.717, 1.165) is 31.4 Å². The molecule has 1 aromatic carbocycles. The lowest BCUT2D eigenvalue weighted by Gasteiger charge is -2.71. The Morgan fingerprint density at radius 2 is 1.64 bits per heavy atom. The molecule has 2 spiro atoms. The van der Waals surface area contributed by atoms with Crippen molar-refractivity contribution in [2.24, 2.45) is 44.3 Å². The van der Waals surface area contributed by atoms with Crippen LogP contribution in [0.2, 0.25) is 0 Å². The molecule has 2 saturated heterocycles. The number of benzene rings is 1. The van der Waals surface area contributed by atoms with Crippen LogP contribution in [0.5, 0.6) is 0 Å². The molecule has 11 unspecified atom stereocenters. The molecule has 11 atom stereocenters. The summed E-state index contributed by atoms with van der Waals surface area (Å²) in [5, 5.41) is 24.3. The first-order valence-electron chi connectivity index (χ1n) is 20.8. The summed E-state index contributed by atoms with van der Waals surface area (Å²) in [5.74, 6) is -1.44. The standard InChI is InChI=1S/C45H56F3NO7/c1-37(2)40(5)17-20-44(37,56-36(40)53)35(52)49(25-30-10-7-21-55-30)26-42(54)16-13-33-39(42,4)15-12-32-38(3)14-11-29(50)23-41(38)18-19-43(32,33)31(24-41)34(51)27-8-6-9-28(22-27)45(46,47)48/h6,8-9,18-19,22,24,29-30,32-33,50,54H,7,10-17,20-21,23,25-26H2,1-5H3. The Kier molecular flexibility index (Phi) is 8.11. The van der Waals surface area contributed by atoms with E-state index < -0.39 is 61.9 Å². The van der Waals surface area contributed by atoms with Gasteiger partial charge < -0.3 is 24.6 Å². The molecular formula is C45H56F3NO7. The second-order valence-electron chi connectivity index (χ2n) is 20.2. The second kappa shape index (κ2) is 11.8. The Bertz CT molecular complexity index is 1950. The maximum atomic E-state index is 15.1. The summed E-state index contributed by atoms with van der Waals surface area (Å²) in [6.07, 6.45) is 7.42. The minimum absolute atomic E-state index is 0.00324. The average Bonchev–Trinajstić information content (AvgIpc) is 3.84. The first kappa shape index (κ1) is 38.5. The van der Waals surface area contributed by atoms with E-state index in [2.05, 4.69) is 26.0 Å². The van der Waals surface area contributed by atoms with Crippen molar-refractivity contribution in [3.63, 3.8) is 0 Å². The quantitative estimate of drug-likeness (QED) is 0.167. The molecule has 2 heterocycles. The van der Waals surface area contributed by atoms with Crippen molar-refractivity contribution in [1.82, 2.24) is 4.90 Å². The maximum absolute atomic E-state index is 15.1. The number of carbonyl (C=O) groups excluding carboxylic acids is 3. The van der Waals surface area contributed by atoms with E-state index in [1.807, 2.05) is 26.8 Å². The number of fused-ring (bicyclic) bond motifs is 3. The van der Waals surface area contributed by atoms with E-state index in [1.54, 1.807) is 4.90 Å². The lowest BCUT2D eigenvalue weighted by atomic mass is 9.32. The number of aliphatic hydroxyl groups excluding tert-OH is 1. The highest BCUT2D eigenvalue weighted by Gasteiger charge is 2.78. The van der Waals surface area contributed by atoms with Crippen LogP contribution < -0.4 is 0 Å². The highest BCUT2D eigenvalue weighted by Crippen LogP contribution is 2.78. The van der Waals surface area contributed by atoms with Gasteiger partial charge in [0.25, 0.3) is 5.91 Å². The van der Waals surface area contributed by atoms with Crippen LogP contribution in [-0.4, -0.2) is 75.9 Å². The minimum atomic E-state index is -4.62. The molecule has 4 bridgehead atoms. The Morgan fingerprint density at radius 3 is 2.30 bits per heavy atom. The largest absolute Gasteiger partial charge is 0.448 e. The fourth-order valence-electron chi connectivity index (χ4n) is 14.1. The predicted molar refractivity (Wildman–Crippen MR) is 200 cm³/mol. The van der Waals surface area contributed by atoms with Crippen molar-refractivity contribution in [2.45, 2.75) is 135 Å². The Hall–Kier alpha value is -3.02. The van der Waals surface area contributed by atoms with Crippen molar-refractivity contribution in [1.29, 1.82) is 0 Å². The monoisotopic (exact) mass is 779 g/mol. The topological polar surface area (TPSA) is 113 Å². The van der Waals surface area contributed by atoms with Gasteiger partial charge in [0, 0.05) is 45.9 Å². The normalized spacial score (nSPS) is 45.5. The van der Waals surface area contributed by atoms with Crippen LogP contribution in [0.3, 0.4) is 0 Å². The third-order valence-corrected chi connectivity index (χ3v) is 18.0. The van der Waals surface area contributed by atoms with Crippen LogP contribution in [0.1, 0.15) is 121 Å². The molecular weight excluding hydrogens is 723 g/mol. The number of ether oxygens (including phenoxy) is 2. The number of rotatable bonds is 7. The molecule has 1 aromatic rings. The van der Waals surface area contributed by atoms with Crippen LogP contribution in [0.4, 0.5) is 13.2 Å². The Balaban J connectivity index is 1.13. The molecule has 9 aliphatic rings. The summed E-state index contributed by atoms with van der Waals surface area (Å²) in [4.78, 5) is 45.1. The van der Waals surface area contributed by atoms with Gasteiger partial charge in [0.1, 0.15) is 0 Å². The zero-order valence-corrected chi connectivity index (χ0v) is 33.3. The maximum Gasteiger partial charge on any atom is 0.416 e. The number of alkyl halides is 3. The van der Waals surface area contributed by atoms with Crippen LogP contribution in [0.15, 0.2) is 48.1 Å². The van der Waals surface area contributed by atoms with E-state index in [1.165, 1.54) is 12.1 Å². The van der Waals surface area contributed by atoms with E-state index in [0.29, 0.717) is 63.5 Å². The van der Waals surface area contributed by atoms with Crippen molar-refractivity contribution < 1.29 is 47.2 Å². The van der Waals surface area contributed by atoms with Gasteiger partial charge in [-0.2, -0.15) is 13.2 Å². The van der Waals surface area contributed by atoms with Crippen molar-refractivity contribution in [3.8, 4) is 0 Å². The number of amides is 1. The smallest absolute Gasteiger partial charge is 0.416 e. The zero-order valence-electron chi connectivity index (χ0n) is 33.3. The van der Waals surface area contributed by atoms with Crippen LogP contribution in [-0.2, 0) is 25.2 Å². The molecule has 2 aliphatic heterocycles. The SMILES string of the molecule is CC12CCC(C(=O)N(CC3CCCO3)CC3(O)CCC4C56C=CC7(C=C5C(=O)c5cccc(C(F)(F)F)c5)CC(O)CCC7(C)C6CCC43C)(OC1=O)C2(C)C. The van der Waals surface area contributed by atoms with Gasteiger partial charge >= 0.3 is 12.1 Å². The third kappa shape index (κ3) is 4.62. The van der Waals surface area contributed by atoms with Gasteiger partial charge in [-0.25, -0.2) is 0 Å². The summed E-state index contributed by atoms with van der Waals surface area (Å²) >= 11 is 0. The lowest BCUT2D eigenvalue weighted by Crippen LogP contribution is -2.68. The summed E-state index contributed by atoms with van der Waals surface area (Å²) in [5.41, 5.74) is -7.46. The van der Waals surface area contributed by atoms with Gasteiger partial charge in [0.05, 0.1) is 35.3 Å². The molecule has 1 amide bonds. The molecule has 0 aromatic heterocycles. The molecule has 8 nitrogen and oxygen atoms in total. The molecule has 304 valence electrons. The van der Waals surface area contributed by atoms with E-state index >= 15 is 4.79 Å². The fraction of sp³-hybridized carbons (Fsp3) is 0.711. The highest BCUT2D eigenvalue weighted by atomic mass is 19.4. The van der Waals surface area contributed by atoms with Gasteiger partial charge in [0.2, 0.25) is 0 Å². The van der Waals surface area contributed by atoms with Gasteiger partial charge in [-0.05, 0) is 107 Å². The summed E-state index contributed by atoms with van der Waals surface area (Å²) in [6.45, 7) is 10.9. The van der Waals surface area contributed by atoms with Crippen LogP contribution in [0, 0.1) is 44.3 Å². The number of hydrogen-bond donors (Lipinski definition) is 2. The highest BCUT2D eigenvalue weighted by molar-refractivity contribution is 6.10. The van der Waals surface area contributed by atoms with Gasteiger partial charge in [-0.15, -0.1) is 0 Å². The van der Waals surface area contributed by atoms with E-state index in [9.17, 15) is 33.0 Å². The van der Waals surface area contributed by atoms with Crippen LogP contribution in [0.25, 0.3) is 0 Å². The number of hydrogen-bond acceptors (Lipinski definition) is 7. The van der Waals surface area contributed by atoms with Gasteiger partial charge in [-0.3, -0.25) is 14.4 Å². The molecule has 56 heavy (non-hydrogen) atoms. The first-order valence-corrected chi connectivity index (χ1v) is 20.8. The lowest BCUT2D eigenvalue weighted by molar-refractivity contribution is -0.188. The minimum Gasteiger partial charge on any atom is -0.448 e. The number of Topliss-reactive ketones (excluding diaryl/α,β-unsaturated/α-hetero) is 1. The molecule has 10 rings (SSSR count). The van der Waals surface area contributed by atoms with Gasteiger partial charge in [-0.1, -0.05) is 58.1 Å². The number of allylic oxidation sites excluding steroid dienone is 4. The number of aliphatic hydroxyl groups is 2. The molecule has 6 fully saturated rings. The number of ketones is 1. The zero-order chi connectivity index (χ0) is 40.1. The number of nitrogens with zero attached hydrogens (tertiary/aromatic N) is 1. The number of esters is 1. The Morgan fingerprint density at radius 1 is 0.929 bits per heavy atom. The molecule has 2 N–H and O–H groups in total. The molecule has 0 radical (unpaired) electrons.